The van der Waals surface area contributed by atoms with Crippen molar-refractivity contribution in [3.63, 3.8) is 0 Å². The maximum atomic E-state index is 9.70. The van der Waals surface area contributed by atoms with Crippen LogP contribution < -0.4 is 22.1 Å². The van der Waals surface area contributed by atoms with E-state index in [9.17, 15) is 19.2 Å². The summed E-state index contributed by atoms with van der Waals surface area (Å²) in [4.78, 5) is 74.6. The molecule has 0 aromatic carbocycles. The third kappa shape index (κ3) is 47700. The summed E-state index contributed by atoms with van der Waals surface area (Å²) < 4.78 is 8.22. The Morgan fingerprint density at radius 2 is 0.316 bits per heavy atom. The van der Waals surface area contributed by atoms with Crippen LogP contribution in [0.15, 0.2) is 52.6 Å². The van der Waals surface area contributed by atoms with Gasteiger partial charge in [-0.2, -0.15) is 0 Å². The molecule has 0 rings (SSSR count). The Hall–Kier alpha value is -5.44. The van der Waals surface area contributed by atoms with Gasteiger partial charge in [0.2, 0.25) is 11.8 Å². The first-order valence-corrected chi connectivity index (χ1v) is 25.3. The molecule has 0 aromatic rings. The van der Waals surface area contributed by atoms with E-state index < -0.39 is 23.9 Å². The fourth-order valence-corrected chi connectivity index (χ4v) is 0. The molecule has 0 aliphatic carbocycles. The molecule has 76 heavy (non-hydrogen) atoms. The molecule has 0 aliphatic rings. The van der Waals surface area contributed by atoms with Gasteiger partial charge in [-0.3, -0.25) is 38.4 Å². The summed E-state index contributed by atoms with van der Waals surface area (Å²) in [5.41, 5.74) is 9.00. The molecule has 488 valence electrons. The summed E-state index contributed by atoms with van der Waals surface area (Å²) in [6, 6.07) is 0. The number of hydrogen-bond acceptors (Lipinski definition) is 14. The van der Waals surface area contributed by atoms with Crippen molar-refractivity contribution in [2.45, 2.75) is 222 Å². The second-order valence-electron chi connectivity index (χ2n) is 5.08. The van der Waals surface area contributed by atoms with Crippen LogP contribution >= 0.6 is 0 Å². The van der Waals surface area contributed by atoms with Gasteiger partial charge in [-0.25, -0.2) is 0 Å². The number of nitrogens with two attached hydrogens (primary N) is 2. The Kier molecular flexibility index (Phi) is 1590. The molecule has 0 heterocycles. The van der Waals surface area contributed by atoms with E-state index in [0.717, 1.165) is 41.9 Å². The highest BCUT2D eigenvalue weighted by Crippen LogP contribution is 1.61. The van der Waals surface area contributed by atoms with Crippen molar-refractivity contribution in [3.05, 3.63) is 52.6 Å². The maximum absolute atomic E-state index is 9.70. The Labute approximate surface area is 477 Å². The van der Waals surface area contributed by atoms with Gasteiger partial charge in [0.1, 0.15) is 0 Å². The van der Waals surface area contributed by atoms with Crippen LogP contribution in [-0.4, -0.2) is 135 Å². The van der Waals surface area contributed by atoms with Gasteiger partial charge >= 0.3 is 11.9 Å². The van der Waals surface area contributed by atoms with E-state index in [-0.39, 0.29) is 23.8 Å². The molecular formula is C56H148N4O16. The van der Waals surface area contributed by atoms with E-state index in [1.807, 2.05) is 166 Å². The number of aliphatic hydroxyl groups is 2. The van der Waals surface area contributed by atoms with Gasteiger partial charge in [-0.15, -0.1) is 52.6 Å². The smallest absolute Gasteiger partial charge is 0.302 e. The molecular weight excluding hydrogens is 985 g/mol. The average molecular weight is 1130 g/mol. The number of rotatable bonds is 0. The number of carbonyl (C=O) groups is 8. The molecule has 2 amide bonds. The van der Waals surface area contributed by atoms with Crippen LogP contribution in [0.1, 0.15) is 222 Å². The van der Waals surface area contributed by atoms with Crippen LogP contribution in [0, 0.1) is 0 Å². The minimum Gasteiger partial charge on any atom is -0.481 e. The number of ether oxygens (including phenoxy) is 2. The zero-order valence-electron chi connectivity index (χ0n) is 58.6. The summed E-state index contributed by atoms with van der Waals surface area (Å²) in [6.45, 7) is 82.0. The lowest BCUT2D eigenvalue weighted by molar-refractivity contribution is -0.138. The number of carboxylic acid groups (broad SMARTS) is 4. The lowest BCUT2D eigenvalue weighted by Crippen LogP contribution is -2.11. The van der Waals surface area contributed by atoms with Gasteiger partial charge in [-0.1, -0.05) is 166 Å². The van der Waals surface area contributed by atoms with Crippen LogP contribution in [-0.2, 0) is 47.8 Å². The van der Waals surface area contributed by atoms with Crippen molar-refractivity contribution in [1.29, 1.82) is 0 Å². The number of hydrogen-bond donors (Lipinski definition) is 10. The van der Waals surface area contributed by atoms with Crippen LogP contribution in [0.25, 0.3) is 0 Å². The van der Waals surface area contributed by atoms with Gasteiger partial charge < -0.3 is 62.2 Å². The lowest BCUT2D eigenvalue weighted by atomic mass is 10.7. The van der Waals surface area contributed by atoms with Crippen molar-refractivity contribution in [2.75, 3.05) is 56.6 Å². The average Bonchev–Trinajstić information content (AvgIpc) is 3.49. The fraction of sp³-hybridized carbons (Fsp3) is 0.714. The van der Waals surface area contributed by atoms with Crippen molar-refractivity contribution in [2.24, 2.45) is 11.5 Å². The second kappa shape index (κ2) is 642. The Balaban J connectivity index is -0.0000000122. The van der Waals surface area contributed by atoms with Crippen molar-refractivity contribution >= 4 is 47.6 Å². The normalized spacial score (nSPS) is 4.58. The lowest BCUT2D eigenvalue weighted by Gasteiger charge is -1.80. The third-order valence-corrected chi connectivity index (χ3v) is 1.28. The number of methoxy groups -OCH3 is 2. The zero-order chi connectivity index (χ0) is 71.4. The minimum atomic E-state index is -0.833. The number of amides is 2. The predicted octanol–water partition coefficient (Wildman–Crippen LogP) is 14.1. The van der Waals surface area contributed by atoms with E-state index in [1.54, 1.807) is 14.1 Å². The first-order chi connectivity index (χ1) is 36.0. The van der Waals surface area contributed by atoms with Gasteiger partial charge in [0, 0.05) is 83.7 Å². The fourth-order valence-electron chi connectivity index (χ4n) is 0. The molecule has 20 heteroatoms. The third-order valence-electron chi connectivity index (χ3n) is 1.28. The molecule has 0 saturated carbocycles. The summed E-state index contributed by atoms with van der Waals surface area (Å²) in [6.07, 6.45) is 0. The summed E-state index contributed by atoms with van der Waals surface area (Å²) >= 11 is 0. The predicted molar refractivity (Wildman–Crippen MR) is 346 cm³/mol. The highest BCUT2D eigenvalue weighted by Gasteiger charge is 1.76. The largest absolute Gasteiger partial charge is 0.481 e. The first-order valence-electron chi connectivity index (χ1n) is 25.3. The number of carbonyl (C=O) groups excluding carboxylic acids is 4. The molecule has 20 nitrogen and oxygen atoms in total. The van der Waals surface area contributed by atoms with E-state index in [0.29, 0.717) is 0 Å². The van der Waals surface area contributed by atoms with E-state index in [1.165, 1.54) is 56.0 Å². The van der Waals surface area contributed by atoms with E-state index in [2.05, 4.69) is 84.2 Å². The van der Waals surface area contributed by atoms with E-state index in [4.69, 9.17) is 49.8 Å². The van der Waals surface area contributed by atoms with Gasteiger partial charge in [-0.05, 0) is 14.1 Å². The monoisotopic (exact) mass is 1130 g/mol. The molecule has 0 radical (unpaired) electrons. The number of aliphatic carboxylic acids is 4. The molecule has 0 aromatic heterocycles. The van der Waals surface area contributed by atoms with Crippen LogP contribution in [0.3, 0.4) is 0 Å². The molecule has 0 aliphatic heterocycles. The van der Waals surface area contributed by atoms with Crippen molar-refractivity contribution < 1.29 is 78.5 Å². The van der Waals surface area contributed by atoms with Crippen LogP contribution in [0.2, 0.25) is 0 Å². The molecule has 0 saturated heterocycles. The SMILES string of the molecule is C=C.C=C.C=C.C=C.CC.CC.CC.CC.CC.CC.CC.CC.CC.CC.CC.CC.CC(=O)O.CC(=O)O.CC(=O)O.CC(=O)O.CN.CN.CNC(C)=O.CNC(C)=O.CO.CO.COC(C)=O.COC(C)=O. The Morgan fingerprint density at radius 1 is 0.289 bits per heavy atom. The minimum absolute atomic E-state index is 0.00463. The number of nitrogens with one attached hydrogen (secondary N) is 2. The molecule has 0 unspecified atom stereocenters. The second-order valence-corrected chi connectivity index (χ2v) is 5.08. The molecule has 12 N–H and O–H groups in total. The quantitative estimate of drug-likeness (QED) is 0.0795. The highest BCUT2D eigenvalue weighted by atomic mass is 16.5. The van der Waals surface area contributed by atoms with E-state index >= 15 is 0 Å². The first kappa shape index (κ1) is 188. The van der Waals surface area contributed by atoms with Crippen LogP contribution in [0.4, 0.5) is 0 Å². The van der Waals surface area contributed by atoms with Gasteiger partial charge in [0.25, 0.3) is 23.9 Å². The molecule has 0 bridgehead atoms. The van der Waals surface area contributed by atoms with Crippen LogP contribution in [0.5, 0.6) is 0 Å². The molecule has 0 fully saturated rings. The maximum Gasteiger partial charge on any atom is 0.302 e. The Bertz CT molecular complexity index is 568. The van der Waals surface area contributed by atoms with Gasteiger partial charge in [0.15, 0.2) is 0 Å². The van der Waals surface area contributed by atoms with Crippen molar-refractivity contribution in [3.8, 4) is 0 Å². The number of carboxylic acids is 4. The molecule has 0 atom stereocenters. The standard InChI is InChI=1S/2C3H7NO.2C3H6O2.4C2H4O2.12C2H6.4C2H4.2CH5N.2CH4O/c2*1-3(5)4-2;2*1-3(4)5-2;4*1-2(3)4;20*1-2/h2*1-2H3,(H,4,5);2*1-2H3;4*1H3,(H,3,4);12*1-2H3;4*1-2H2;2*2H2,1H3;2*2H,1H3. The zero-order valence-corrected chi connectivity index (χ0v) is 58.6. The summed E-state index contributed by atoms with van der Waals surface area (Å²) in [5.74, 6) is -3.81. The molecule has 0 spiro atoms. The summed E-state index contributed by atoms with van der Waals surface area (Å²) in [7, 11) is 10.9. The number of esters is 2. The topological polar surface area (TPSA) is 353 Å². The van der Waals surface area contributed by atoms with Crippen molar-refractivity contribution in [1.82, 2.24) is 10.6 Å². The highest BCUT2D eigenvalue weighted by molar-refractivity contribution is 5.72. The Morgan fingerprint density at radius 3 is 0.316 bits per heavy atom. The number of aliphatic hydroxyl groups excluding tert-OH is 2. The summed E-state index contributed by atoms with van der Waals surface area (Å²) in [5, 5.41) is 48.4. The van der Waals surface area contributed by atoms with Gasteiger partial charge in [0.05, 0.1) is 14.2 Å².